The van der Waals surface area contributed by atoms with E-state index in [1.54, 1.807) is 0 Å². The van der Waals surface area contributed by atoms with E-state index in [9.17, 15) is 5.11 Å². The predicted molar refractivity (Wildman–Crippen MR) is 125 cm³/mol. The van der Waals surface area contributed by atoms with E-state index >= 15 is 4.57 Å². The summed E-state index contributed by atoms with van der Waals surface area (Å²) in [5, 5.41) is 17.9. The molecule has 3 nitrogen and oxygen atoms in total. The first-order valence-electron chi connectivity index (χ1n) is 10.6. The third kappa shape index (κ3) is 3.05. The molecular formula is C26H26NO2P. The normalized spacial score (nSPS) is 23.4. The van der Waals surface area contributed by atoms with Crippen molar-refractivity contribution in [1.82, 2.24) is 0 Å². The van der Waals surface area contributed by atoms with Crippen molar-refractivity contribution in [2.75, 3.05) is 5.32 Å². The van der Waals surface area contributed by atoms with Crippen LogP contribution in [0.1, 0.15) is 31.2 Å². The quantitative estimate of drug-likeness (QED) is 0.583. The molecule has 3 aromatic carbocycles. The molecule has 0 bridgehead atoms. The fourth-order valence-electron chi connectivity index (χ4n) is 4.94. The standard InChI is InChI=1S/C26H26NO2P/c28-26-18-10-9-17-24(26)27-23-16-8-7-11-20(23)19-25(26)30(29,21-12-3-1-4-13-21)22-14-5-2-6-15-22/h1-8,11-16,19,24,27-28H,9-10,17-18H2/t24-,26-/m1/s1. The molecule has 2 N–H and O–H groups in total. The molecule has 1 fully saturated rings. The number of hydrogen-bond donors (Lipinski definition) is 2. The monoisotopic (exact) mass is 415 g/mol. The largest absolute Gasteiger partial charge is 0.383 e. The van der Waals surface area contributed by atoms with Crippen molar-refractivity contribution in [2.45, 2.75) is 37.3 Å². The third-order valence-corrected chi connectivity index (χ3v) is 9.73. The Morgan fingerprint density at radius 1 is 0.833 bits per heavy atom. The number of benzene rings is 3. The van der Waals surface area contributed by atoms with Gasteiger partial charge in [-0.05, 0) is 30.5 Å². The van der Waals surface area contributed by atoms with Gasteiger partial charge in [0.25, 0.3) is 0 Å². The fourth-order valence-corrected chi connectivity index (χ4v) is 8.11. The maximum Gasteiger partial charge on any atom is 0.170 e. The molecule has 0 unspecified atom stereocenters. The van der Waals surface area contributed by atoms with Crippen molar-refractivity contribution in [3.63, 3.8) is 0 Å². The molecule has 0 spiro atoms. The minimum Gasteiger partial charge on any atom is -0.383 e. The van der Waals surface area contributed by atoms with Crippen LogP contribution >= 0.6 is 7.14 Å². The van der Waals surface area contributed by atoms with E-state index in [0.29, 0.717) is 11.7 Å². The minimum absolute atomic E-state index is 0.165. The Kier molecular flexibility index (Phi) is 4.89. The van der Waals surface area contributed by atoms with Gasteiger partial charge < -0.3 is 15.0 Å². The highest BCUT2D eigenvalue weighted by molar-refractivity contribution is 7.82. The van der Waals surface area contributed by atoms with Gasteiger partial charge in [-0.3, -0.25) is 0 Å². The number of para-hydroxylation sites is 1. The van der Waals surface area contributed by atoms with Gasteiger partial charge in [0.2, 0.25) is 0 Å². The summed E-state index contributed by atoms with van der Waals surface area (Å²) in [7, 11) is -3.27. The zero-order valence-electron chi connectivity index (χ0n) is 16.9. The summed E-state index contributed by atoms with van der Waals surface area (Å²) < 4.78 is 15.1. The van der Waals surface area contributed by atoms with Crippen LogP contribution < -0.4 is 15.9 Å². The Labute approximate surface area is 177 Å². The SMILES string of the molecule is O=P(C1=Cc2ccccc2N[C@@H]2CCCC[C@]12O)(c1ccccc1)c1ccccc1. The first-order valence-corrected chi connectivity index (χ1v) is 12.3. The van der Waals surface area contributed by atoms with Gasteiger partial charge in [0.05, 0.1) is 6.04 Å². The Bertz CT molecular complexity index is 1080. The Morgan fingerprint density at radius 2 is 1.43 bits per heavy atom. The topological polar surface area (TPSA) is 49.3 Å². The average Bonchev–Trinajstić information content (AvgIpc) is 2.94. The van der Waals surface area contributed by atoms with E-state index in [1.807, 2.05) is 91.0 Å². The summed E-state index contributed by atoms with van der Waals surface area (Å²) in [6, 6.07) is 27.2. The van der Waals surface area contributed by atoms with Gasteiger partial charge in [-0.25, -0.2) is 0 Å². The Morgan fingerprint density at radius 3 is 2.10 bits per heavy atom. The molecular weight excluding hydrogens is 389 g/mol. The molecule has 2 aliphatic rings. The zero-order valence-corrected chi connectivity index (χ0v) is 17.8. The van der Waals surface area contributed by atoms with Crippen LogP contribution in [0, 0.1) is 0 Å². The number of nitrogens with one attached hydrogen (secondary N) is 1. The summed E-state index contributed by atoms with van der Waals surface area (Å²) in [5.41, 5.74) is 0.797. The van der Waals surface area contributed by atoms with Crippen molar-refractivity contribution < 1.29 is 9.67 Å². The molecule has 1 heterocycles. The summed E-state index contributed by atoms with van der Waals surface area (Å²) in [6.07, 6.45) is 5.43. The highest BCUT2D eigenvalue weighted by Crippen LogP contribution is 2.60. The number of fused-ring (bicyclic) bond motifs is 2. The average molecular weight is 415 g/mol. The first kappa shape index (κ1) is 19.4. The second-order valence-electron chi connectivity index (χ2n) is 8.26. The van der Waals surface area contributed by atoms with Crippen molar-refractivity contribution in [3.05, 3.63) is 95.8 Å². The van der Waals surface area contributed by atoms with Crippen molar-refractivity contribution in [2.24, 2.45) is 0 Å². The molecule has 1 saturated carbocycles. The van der Waals surface area contributed by atoms with Crippen LogP contribution in [0.15, 0.2) is 90.2 Å². The lowest BCUT2D eigenvalue weighted by Gasteiger charge is -2.43. The van der Waals surface area contributed by atoms with E-state index < -0.39 is 12.7 Å². The van der Waals surface area contributed by atoms with Gasteiger partial charge in [-0.2, -0.15) is 0 Å². The van der Waals surface area contributed by atoms with Crippen LogP contribution in [0.4, 0.5) is 5.69 Å². The summed E-state index contributed by atoms with van der Waals surface area (Å²) >= 11 is 0. The molecule has 30 heavy (non-hydrogen) atoms. The van der Waals surface area contributed by atoms with Gasteiger partial charge in [0.1, 0.15) is 5.60 Å². The van der Waals surface area contributed by atoms with Crippen molar-refractivity contribution in [1.29, 1.82) is 0 Å². The van der Waals surface area contributed by atoms with Gasteiger partial charge >= 0.3 is 0 Å². The maximum absolute atomic E-state index is 15.1. The van der Waals surface area contributed by atoms with Gasteiger partial charge in [-0.1, -0.05) is 91.7 Å². The van der Waals surface area contributed by atoms with E-state index in [-0.39, 0.29) is 6.04 Å². The smallest absolute Gasteiger partial charge is 0.170 e. The van der Waals surface area contributed by atoms with Crippen molar-refractivity contribution in [3.8, 4) is 0 Å². The summed E-state index contributed by atoms with van der Waals surface area (Å²) in [5.74, 6) is 0. The van der Waals surface area contributed by atoms with Crippen LogP contribution in [0.3, 0.4) is 0 Å². The number of rotatable bonds is 3. The molecule has 0 saturated heterocycles. The molecule has 2 atom stereocenters. The molecule has 0 amide bonds. The van der Waals surface area contributed by atoms with Crippen molar-refractivity contribution >= 4 is 29.5 Å². The van der Waals surface area contributed by atoms with Gasteiger partial charge in [-0.15, -0.1) is 0 Å². The summed E-state index contributed by atoms with van der Waals surface area (Å²) in [6.45, 7) is 0. The third-order valence-electron chi connectivity index (χ3n) is 6.48. The minimum atomic E-state index is -3.27. The van der Waals surface area contributed by atoms with E-state index in [2.05, 4.69) is 5.32 Å². The highest BCUT2D eigenvalue weighted by Gasteiger charge is 2.51. The van der Waals surface area contributed by atoms with E-state index in [1.165, 1.54) is 0 Å². The number of anilines is 1. The first-order chi connectivity index (χ1) is 14.6. The molecule has 3 aromatic rings. The Balaban J connectivity index is 1.82. The lowest BCUT2D eigenvalue weighted by molar-refractivity contribution is 0.0355. The van der Waals surface area contributed by atoms with Crippen LogP contribution in [-0.2, 0) is 4.57 Å². The number of aliphatic hydroxyl groups is 1. The van der Waals surface area contributed by atoms with E-state index in [0.717, 1.165) is 41.1 Å². The van der Waals surface area contributed by atoms with Crippen LogP contribution in [0.25, 0.3) is 6.08 Å². The number of hydrogen-bond acceptors (Lipinski definition) is 3. The summed E-state index contributed by atoms with van der Waals surface area (Å²) in [4.78, 5) is 0. The van der Waals surface area contributed by atoms with Gasteiger partial charge in [0.15, 0.2) is 7.14 Å². The molecule has 5 rings (SSSR count). The fraction of sp³-hybridized carbons (Fsp3) is 0.231. The molecule has 1 aliphatic carbocycles. The molecule has 0 radical (unpaired) electrons. The zero-order chi connectivity index (χ0) is 20.6. The van der Waals surface area contributed by atoms with Crippen LogP contribution in [-0.4, -0.2) is 16.7 Å². The highest BCUT2D eigenvalue weighted by atomic mass is 31.2. The Hall–Kier alpha value is -2.61. The molecule has 4 heteroatoms. The van der Waals surface area contributed by atoms with E-state index in [4.69, 9.17) is 0 Å². The second-order valence-corrected chi connectivity index (χ2v) is 11.0. The maximum atomic E-state index is 15.1. The molecule has 0 aromatic heterocycles. The molecule has 152 valence electrons. The second kappa shape index (κ2) is 7.58. The predicted octanol–water partition coefficient (Wildman–Crippen LogP) is 5.14. The lowest BCUT2D eigenvalue weighted by atomic mass is 9.80. The van der Waals surface area contributed by atoms with Crippen LogP contribution in [0.2, 0.25) is 0 Å². The van der Waals surface area contributed by atoms with Gasteiger partial charge in [0, 0.05) is 21.6 Å². The molecule has 1 aliphatic heterocycles. The van der Waals surface area contributed by atoms with Crippen LogP contribution in [0.5, 0.6) is 0 Å². The lowest BCUT2D eigenvalue weighted by Crippen LogP contribution is -2.51.